The van der Waals surface area contributed by atoms with E-state index in [-0.39, 0.29) is 30.3 Å². The average Bonchev–Trinajstić information content (AvgIpc) is 3.28. The summed E-state index contributed by atoms with van der Waals surface area (Å²) in [6, 6.07) is 11.0. The molecule has 9 nitrogen and oxygen atoms in total. The molecule has 33 heavy (non-hydrogen) atoms. The summed E-state index contributed by atoms with van der Waals surface area (Å²) in [4.78, 5) is 57.3. The van der Waals surface area contributed by atoms with Gasteiger partial charge < -0.3 is 15.1 Å². The summed E-state index contributed by atoms with van der Waals surface area (Å²) < 4.78 is 0. The molecule has 1 aromatic heterocycles. The SMILES string of the molecule is CN1C(=O)NC(=O)C12Cc1cnc(NC(=O)CN3C(=O)CCC[C@@H]3c3ccccc3)cc1C2. The van der Waals surface area contributed by atoms with E-state index < -0.39 is 11.6 Å². The Bertz CT molecular complexity index is 1150. The molecule has 1 aromatic carbocycles. The highest BCUT2D eigenvalue weighted by Gasteiger charge is 2.54. The van der Waals surface area contributed by atoms with Gasteiger partial charge in [0.25, 0.3) is 5.91 Å². The maximum Gasteiger partial charge on any atom is 0.324 e. The number of piperidine rings is 1. The molecule has 5 rings (SSSR count). The second-order valence-electron chi connectivity index (χ2n) is 8.93. The minimum Gasteiger partial charge on any atom is -0.326 e. The fourth-order valence-corrected chi connectivity index (χ4v) is 5.13. The quantitative estimate of drug-likeness (QED) is 0.694. The second kappa shape index (κ2) is 7.99. The van der Waals surface area contributed by atoms with E-state index in [0.29, 0.717) is 25.1 Å². The predicted molar refractivity (Wildman–Crippen MR) is 119 cm³/mol. The van der Waals surface area contributed by atoms with E-state index in [1.54, 1.807) is 24.2 Å². The molecule has 2 atom stereocenters. The molecular formula is C24H25N5O4. The van der Waals surface area contributed by atoms with Crippen LogP contribution in [0, 0.1) is 0 Å². The van der Waals surface area contributed by atoms with Crippen LogP contribution in [-0.2, 0) is 27.2 Å². The summed E-state index contributed by atoms with van der Waals surface area (Å²) in [5, 5.41) is 5.17. The predicted octanol–water partition coefficient (Wildman–Crippen LogP) is 1.79. The van der Waals surface area contributed by atoms with Gasteiger partial charge >= 0.3 is 6.03 Å². The van der Waals surface area contributed by atoms with Crippen LogP contribution in [0.15, 0.2) is 42.6 Å². The van der Waals surface area contributed by atoms with Crippen molar-refractivity contribution in [2.45, 2.75) is 43.7 Å². The van der Waals surface area contributed by atoms with E-state index in [2.05, 4.69) is 15.6 Å². The number of imide groups is 1. The number of hydrogen-bond acceptors (Lipinski definition) is 5. The minimum absolute atomic E-state index is 0.0333. The number of anilines is 1. The number of pyridine rings is 1. The number of nitrogens with zero attached hydrogens (tertiary/aromatic N) is 3. The van der Waals surface area contributed by atoms with Gasteiger partial charge in [0.2, 0.25) is 11.8 Å². The van der Waals surface area contributed by atoms with Crippen LogP contribution < -0.4 is 10.6 Å². The largest absolute Gasteiger partial charge is 0.326 e. The van der Waals surface area contributed by atoms with Crippen LogP contribution in [0.3, 0.4) is 0 Å². The molecule has 2 aliphatic heterocycles. The van der Waals surface area contributed by atoms with Gasteiger partial charge in [0, 0.05) is 32.5 Å². The summed E-state index contributed by atoms with van der Waals surface area (Å²) in [6.07, 6.45) is 4.44. The van der Waals surface area contributed by atoms with Gasteiger partial charge in [0.1, 0.15) is 17.9 Å². The highest BCUT2D eigenvalue weighted by atomic mass is 16.2. The lowest BCUT2D eigenvalue weighted by atomic mass is 9.95. The van der Waals surface area contributed by atoms with Crippen molar-refractivity contribution in [1.29, 1.82) is 0 Å². The smallest absolute Gasteiger partial charge is 0.324 e. The molecule has 170 valence electrons. The van der Waals surface area contributed by atoms with Crippen LogP contribution in [0.25, 0.3) is 0 Å². The first-order valence-electron chi connectivity index (χ1n) is 11.1. The first-order valence-corrected chi connectivity index (χ1v) is 11.1. The highest BCUT2D eigenvalue weighted by molar-refractivity contribution is 6.07. The topological polar surface area (TPSA) is 112 Å². The number of likely N-dealkylation sites (tertiary alicyclic amines) is 1. The van der Waals surface area contributed by atoms with E-state index in [0.717, 1.165) is 29.5 Å². The van der Waals surface area contributed by atoms with Crippen molar-refractivity contribution in [3.05, 3.63) is 59.3 Å². The van der Waals surface area contributed by atoms with Gasteiger partial charge in [-0.2, -0.15) is 0 Å². The van der Waals surface area contributed by atoms with Crippen molar-refractivity contribution >= 4 is 29.6 Å². The third kappa shape index (κ3) is 3.63. The Morgan fingerprint density at radius 1 is 1.18 bits per heavy atom. The monoisotopic (exact) mass is 447 g/mol. The Balaban J connectivity index is 1.30. The third-order valence-electron chi connectivity index (χ3n) is 6.97. The normalized spacial score (nSPS) is 24.3. The van der Waals surface area contributed by atoms with E-state index in [9.17, 15) is 19.2 Å². The van der Waals surface area contributed by atoms with E-state index in [1.807, 2.05) is 30.3 Å². The number of aromatic nitrogens is 1. The summed E-state index contributed by atoms with van der Waals surface area (Å²) in [5.41, 5.74) is 1.83. The molecule has 9 heteroatoms. The molecule has 2 N–H and O–H groups in total. The Hall–Kier alpha value is -3.75. The number of likely N-dealkylation sites (N-methyl/N-ethyl adjacent to an activating group) is 1. The molecule has 5 amide bonds. The molecular weight excluding hydrogens is 422 g/mol. The first-order chi connectivity index (χ1) is 15.9. The summed E-state index contributed by atoms with van der Waals surface area (Å²) >= 11 is 0. The third-order valence-corrected chi connectivity index (χ3v) is 6.97. The number of amides is 5. The molecule has 1 spiro atoms. The Labute approximate surface area is 191 Å². The van der Waals surface area contributed by atoms with Crippen LogP contribution in [0.4, 0.5) is 10.6 Å². The second-order valence-corrected chi connectivity index (χ2v) is 8.93. The van der Waals surface area contributed by atoms with Crippen molar-refractivity contribution in [2.24, 2.45) is 0 Å². The van der Waals surface area contributed by atoms with Crippen LogP contribution in [-0.4, -0.2) is 57.7 Å². The fraction of sp³-hybridized carbons (Fsp3) is 0.375. The maximum absolute atomic E-state index is 12.8. The molecule has 2 fully saturated rings. The zero-order chi connectivity index (χ0) is 23.2. The molecule has 0 saturated carbocycles. The molecule has 2 aromatic rings. The molecule has 3 heterocycles. The number of hydrogen-bond donors (Lipinski definition) is 2. The van der Waals surface area contributed by atoms with Crippen LogP contribution in [0.2, 0.25) is 0 Å². The number of carbonyl (C=O) groups excluding carboxylic acids is 4. The molecule has 0 bridgehead atoms. The Kier molecular flexibility index (Phi) is 5.11. The lowest BCUT2D eigenvalue weighted by Crippen LogP contribution is -2.48. The summed E-state index contributed by atoms with van der Waals surface area (Å²) in [7, 11) is 1.61. The van der Waals surface area contributed by atoms with Gasteiger partial charge in [0.05, 0.1) is 6.04 Å². The fourth-order valence-electron chi connectivity index (χ4n) is 5.13. The van der Waals surface area contributed by atoms with Gasteiger partial charge in [0.15, 0.2) is 0 Å². The molecule has 3 aliphatic rings. The number of benzene rings is 1. The van der Waals surface area contributed by atoms with Crippen molar-refractivity contribution in [1.82, 2.24) is 20.1 Å². The van der Waals surface area contributed by atoms with E-state index >= 15 is 0 Å². The summed E-state index contributed by atoms with van der Waals surface area (Å²) in [5.74, 6) is -0.303. The number of urea groups is 1. The molecule has 2 saturated heterocycles. The maximum atomic E-state index is 12.8. The van der Waals surface area contributed by atoms with Gasteiger partial charge in [-0.05, 0) is 35.6 Å². The first kappa shape index (κ1) is 21.1. The molecule has 0 radical (unpaired) electrons. The standard InChI is InChI=1S/C24H25N5O4/c1-28-23(33)27-22(32)24(28)11-16-10-19(25-13-17(16)12-24)26-20(30)14-29-18(8-5-9-21(29)31)15-6-3-2-4-7-15/h2-4,6-7,10,13,18H,5,8-9,11-12,14H2,1H3,(H,25,26,30)(H,27,32,33)/t18-,24?/m1/s1. The van der Waals surface area contributed by atoms with Crippen LogP contribution in [0.5, 0.6) is 0 Å². The Morgan fingerprint density at radius 2 is 1.94 bits per heavy atom. The van der Waals surface area contributed by atoms with Gasteiger partial charge in [-0.15, -0.1) is 0 Å². The van der Waals surface area contributed by atoms with E-state index in [4.69, 9.17) is 0 Å². The van der Waals surface area contributed by atoms with Crippen molar-refractivity contribution < 1.29 is 19.2 Å². The lowest BCUT2D eigenvalue weighted by Gasteiger charge is -2.35. The average molecular weight is 447 g/mol. The van der Waals surface area contributed by atoms with Crippen molar-refractivity contribution in [2.75, 3.05) is 18.9 Å². The van der Waals surface area contributed by atoms with Crippen molar-refractivity contribution in [3.63, 3.8) is 0 Å². The number of carbonyl (C=O) groups is 4. The van der Waals surface area contributed by atoms with Gasteiger partial charge in [-0.3, -0.25) is 19.7 Å². The summed E-state index contributed by atoms with van der Waals surface area (Å²) in [6.45, 7) is -0.0548. The zero-order valence-corrected chi connectivity index (χ0v) is 18.3. The van der Waals surface area contributed by atoms with Crippen LogP contribution >= 0.6 is 0 Å². The molecule has 1 unspecified atom stereocenters. The highest BCUT2D eigenvalue weighted by Crippen LogP contribution is 2.37. The van der Waals surface area contributed by atoms with Crippen LogP contribution in [0.1, 0.15) is 42.0 Å². The molecule has 1 aliphatic carbocycles. The van der Waals surface area contributed by atoms with Gasteiger partial charge in [-0.25, -0.2) is 9.78 Å². The zero-order valence-electron chi connectivity index (χ0n) is 18.3. The van der Waals surface area contributed by atoms with E-state index in [1.165, 1.54) is 4.90 Å². The number of nitrogens with one attached hydrogen (secondary N) is 2. The number of fused-ring (bicyclic) bond motifs is 1. The lowest BCUT2D eigenvalue weighted by molar-refractivity contribution is -0.139. The minimum atomic E-state index is -0.938. The number of rotatable bonds is 4. The Morgan fingerprint density at radius 3 is 2.67 bits per heavy atom. The van der Waals surface area contributed by atoms with Crippen molar-refractivity contribution in [3.8, 4) is 0 Å². The van der Waals surface area contributed by atoms with Gasteiger partial charge in [-0.1, -0.05) is 30.3 Å².